The van der Waals surface area contributed by atoms with Crippen molar-refractivity contribution in [3.63, 3.8) is 0 Å². The van der Waals surface area contributed by atoms with E-state index >= 15 is 0 Å². The Morgan fingerprint density at radius 1 is 1.00 bits per heavy atom. The molecule has 1 saturated heterocycles. The minimum absolute atomic E-state index is 0.621. The van der Waals surface area contributed by atoms with Crippen LogP contribution in [0.3, 0.4) is 0 Å². The molecule has 1 nitrogen and oxygen atoms in total. The first-order valence-corrected chi connectivity index (χ1v) is 7.62. The SMILES string of the molecule is C[C@@H]1CN(Cc2ccccc2)CC1c1ccc(Cl)cc1. The van der Waals surface area contributed by atoms with Crippen molar-refractivity contribution >= 4 is 11.6 Å². The summed E-state index contributed by atoms with van der Waals surface area (Å²) in [6.45, 7) is 5.71. The minimum atomic E-state index is 0.621. The van der Waals surface area contributed by atoms with E-state index < -0.39 is 0 Å². The van der Waals surface area contributed by atoms with Gasteiger partial charge in [0.1, 0.15) is 0 Å². The van der Waals surface area contributed by atoms with Crippen LogP contribution in [0.15, 0.2) is 54.6 Å². The summed E-state index contributed by atoms with van der Waals surface area (Å²) in [5, 5.41) is 0.820. The summed E-state index contributed by atoms with van der Waals surface area (Å²) in [4.78, 5) is 2.55. The van der Waals surface area contributed by atoms with E-state index in [9.17, 15) is 0 Å². The van der Waals surface area contributed by atoms with Crippen LogP contribution in [0, 0.1) is 5.92 Å². The molecule has 3 rings (SSSR count). The van der Waals surface area contributed by atoms with Gasteiger partial charge in [0.15, 0.2) is 0 Å². The van der Waals surface area contributed by atoms with Crippen LogP contribution < -0.4 is 0 Å². The highest BCUT2D eigenvalue weighted by molar-refractivity contribution is 6.30. The van der Waals surface area contributed by atoms with Gasteiger partial charge in [-0.25, -0.2) is 0 Å². The monoisotopic (exact) mass is 285 g/mol. The molecule has 0 N–H and O–H groups in total. The van der Waals surface area contributed by atoms with Crippen molar-refractivity contribution in [3.8, 4) is 0 Å². The van der Waals surface area contributed by atoms with Crippen LogP contribution in [0.4, 0.5) is 0 Å². The molecule has 2 aromatic rings. The molecule has 2 heteroatoms. The first-order valence-electron chi connectivity index (χ1n) is 7.24. The number of likely N-dealkylation sites (tertiary alicyclic amines) is 1. The molecular formula is C18H20ClN. The fourth-order valence-corrected chi connectivity index (χ4v) is 3.31. The summed E-state index contributed by atoms with van der Waals surface area (Å²) in [5.74, 6) is 1.32. The largest absolute Gasteiger partial charge is 0.298 e. The molecule has 0 spiro atoms. The zero-order valence-electron chi connectivity index (χ0n) is 11.8. The van der Waals surface area contributed by atoms with Gasteiger partial charge in [-0.1, -0.05) is 61.0 Å². The number of benzene rings is 2. The lowest BCUT2D eigenvalue weighted by atomic mass is 9.90. The maximum atomic E-state index is 5.98. The van der Waals surface area contributed by atoms with Crippen molar-refractivity contribution in [1.29, 1.82) is 0 Å². The minimum Gasteiger partial charge on any atom is -0.298 e. The van der Waals surface area contributed by atoms with Crippen molar-refractivity contribution in [1.82, 2.24) is 4.90 Å². The molecule has 1 aliphatic rings. The average molecular weight is 286 g/mol. The van der Waals surface area contributed by atoms with Gasteiger partial charge in [0.2, 0.25) is 0 Å². The second-order valence-electron chi connectivity index (χ2n) is 5.82. The first kappa shape index (κ1) is 13.7. The van der Waals surface area contributed by atoms with E-state index in [4.69, 9.17) is 11.6 Å². The Hall–Kier alpha value is -1.31. The van der Waals surface area contributed by atoms with E-state index in [1.165, 1.54) is 17.7 Å². The quantitative estimate of drug-likeness (QED) is 0.798. The lowest BCUT2D eigenvalue weighted by molar-refractivity contribution is 0.319. The Labute approximate surface area is 126 Å². The lowest BCUT2D eigenvalue weighted by Crippen LogP contribution is -2.20. The Bertz CT molecular complexity index is 549. The summed E-state index contributed by atoms with van der Waals surface area (Å²) < 4.78 is 0. The summed E-state index contributed by atoms with van der Waals surface area (Å²) in [6, 6.07) is 19.1. The Morgan fingerprint density at radius 2 is 1.70 bits per heavy atom. The summed E-state index contributed by atoms with van der Waals surface area (Å²) in [6.07, 6.45) is 0. The highest BCUT2D eigenvalue weighted by Gasteiger charge is 2.30. The zero-order valence-corrected chi connectivity index (χ0v) is 12.6. The van der Waals surface area contributed by atoms with Crippen LogP contribution in [0.2, 0.25) is 5.02 Å². The summed E-state index contributed by atoms with van der Waals surface area (Å²) >= 11 is 5.98. The standard InChI is InChI=1S/C18H20ClN/c1-14-11-20(12-15-5-3-2-4-6-15)13-18(14)16-7-9-17(19)10-8-16/h2-10,14,18H,11-13H2,1H3/t14-,18?/m1/s1. The second-order valence-corrected chi connectivity index (χ2v) is 6.25. The van der Waals surface area contributed by atoms with Crippen molar-refractivity contribution in [2.75, 3.05) is 13.1 Å². The molecule has 0 saturated carbocycles. The third kappa shape index (κ3) is 3.05. The lowest BCUT2D eigenvalue weighted by Gasteiger charge is -2.16. The number of nitrogens with zero attached hydrogens (tertiary/aromatic N) is 1. The predicted molar refractivity (Wildman–Crippen MR) is 85.1 cm³/mol. The maximum Gasteiger partial charge on any atom is 0.0406 e. The van der Waals surface area contributed by atoms with Gasteiger partial charge in [0.05, 0.1) is 0 Å². The fraction of sp³-hybridized carbons (Fsp3) is 0.333. The predicted octanol–water partition coefficient (Wildman–Crippen LogP) is 4.58. The van der Waals surface area contributed by atoms with Crippen LogP contribution in [0.1, 0.15) is 24.0 Å². The zero-order chi connectivity index (χ0) is 13.9. The molecule has 2 atom stereocenters. The second kappa shape index (κ2) is 5.99. The molecule has 104 valence electrons. The Balaban J connectivity index is 1.69. The molecule has 0 bridgehead atoms. The van der Waals surface area contributed by atoms with Gasteiger partial charge in [0.25, 0.3) is 0 Å². The van der Waals surface area contributed by atoms with Crippen LogP contribution in [0.25, 0.3) is 0 Å². The maximum absolute atomic E-state index is 5.98. The van der Waals surface area contributed by atoms with Gasteiger partial charge in [-0.2, -0.15) is 0 Å². The molecule has 1 fully saturated rings. The van der Waals surface area contributed by atoms with Gasteiger partial charge in [0, 0.05) is 30.6 Å². The van der Waals surface area contributed by atoms with E-state index in [0.29, 0.717) is 11.8 Å². The molecule has 1 aliphatic heterocycles. The van der Waals surface area contributed by atoms with Crippen molar-refractivity contribution < 1.29 is 0 Å². The van der Waals surface area contributed by atoms with Crippen LogP contribution in [-0.4, -0.2) is 18.0 Å². The normalized spacial score (nSPS) is 23.1. The molecule has 20 heavy (non-hydrogen) atoms. The van der Waals surface area contributed by atoms with Crippen LogP contribution in [0.5, 0.6) is 0 Å². The van der Waals surface area contributed by atoms with Gasteiger partial charge >= 0.3 is 0 Å². The molecule has 1 heterocycles. The van der Waals surface area contributed by atoms with E-state index in [1.807, 2.05) is 12.1 Å². The van der Waals surface area contributed by atoms with Gasteiger partial charge in [-0.15, -0.1) is 0 Å². The third-order valence-electron chi connectivity index (χ3n) is 4.24. The summed E-state index contributed by atoms with van der Waals surface area (Å²) in [7, 11) is 0. The number of rotatable bonds is 3. The Morgan fingerprint density at radius 3 is 2.40 bits per heavy atom. The van der Waals surface area contributed by atoms with Gasteiger partial charge < -0.3 is 0 Å². The highest BCUT2D eigenvalue weighted by Crippen LogP contribution is 2.33. The van der Waals surface area contributed by atoms with E-state index in [-0.39, 0.29) is 0 Å². The van der Waals surface area contributed by atoms with Crippen LogP contribution >= 0.6 is 11.6 Å². The summed E-state index contributed by atoms with van der Waals surface area (Å²) in [5.41, 5.74) is 2.81. The number of halogens is 1. The molecule has 0 aliphatic carbocycles. The molecule has 0 amide bonds. The van der Waals surface area contributed by atoms with E-state index in [0.717, 1.165) is 18.1 Å². The van der Waals surface area contributed by atoms with E-state index in [2.05, 4.69) is 54.3 Å². The highest BCUT2D eigenvalue weighted by atomic mass is 35.5. The molecular weight excluding hydrogens is 266 g/mol. The van der Waals surface area contributed by atoms with Gasteiger partial charge in [-0.3, -0.25) is 4.90 Å². The molecule has 2 aromatic carbocycles. The molecule has 0 radical (unpaired) electrons. The van der Waals surface area contributed by atoms with Crippen molar-refractivity contribution in [2.45, 2.75) is 19.4 Å². The molecule has 1 unspecified atom stereocenters. The smallest absolute Gasteiger partial charge is 0.0406 e. The van der Waals surface area contributed by atoms with Crippen molar-refractivity contribution in [3.05, 3.63) is 70.7 Å². The first-order chi connectivity index (χ1) is 9.72. The third-order valence-corrected chi connectivity index (χ3v) is 4.49. The molecule has 0 aromatic heterocycles. The number of hydrogen-bond donors (Lipinski definition) is 0. The fourth-order valence-electron chi connectivity index (χ4n) is 3.18. The topological polar surface area (TPSA) is 3.24 Å². The average Bonchev–Trinajstić information content (AvgIpc) is 2.81. The Kier molecular flexibility index (Phi) is 4.09. The van der Waals surface area contributed by atoms with Crippen molar-refractivity contribution in [2.24, 2.45) is 5.92 Å². The van der Waals surface area contributed by atoms with Crippen LogP contribution in [-0.2, 0) is 6.54 Å². The number of hydrogen-bond acceptors (Lipinski definition) is 1. The van der Waals surface area contributed by atoms with Gasteiger partial charge in [-0.05, 0) is 29.2 Å². The van der Waals surface area contributed by atoms with E-state index in [1.54, 1.807) is 0 Å².